The third-order valence-electron chi connectivity index (χ3n) is 4.44. The average molecular weight is 274 g/mol. The first-order valence-electron chi connectivity index (χ1n) is 7.28. The summed E-state index contributed by atoms with van der Waals surface area (Å²) in [5.41, 5.74) is 1.16. The lowest BCUT2D eigenvalue weighted by molar-refractivity contribution is 0.0445. The molecule has 1 aromatic heterocycles. The van der Waals surface area contributed by atoms with E-state index in [9.17, 15) is 0 Å². The molecule has 1 saturated heterocycles. The van der Waals surface area contributed by atoms with Crippen LogP contribution in [0.25, 0.3) is 0 Å². The highest BCUT2D eigenvalue weighted by Crippen LogP contribution is 2.40. The Bertz CT molecular complexity index is 477. The number of fused-ring (bicyclic) bond motifs is 2. The SMILES string of the molecule is C=CCO[C@H]1[C@H]2CC[C@H]1N(Cc1cccnc1OC)C2. The number of rotatable bonds is 6. The number of hydrogen-bond acceptors (Lipinski definition) is 4. The second-order valence-corrected chi connectivity index (χ2v) is 5.59. The van der Waals surface area contributed by atoms with Crippen LogP contribution >= 0.6 is 0 Å². The van der Waals surface area contributed by atoms with Gasteiger partial charge in [0, 0.05) is 30.9 Å². The van der Waals surface area contributed by atoms with Gasteiger partial charge >= 0.3 is 0 Å². The van der Waals surface area contributed by atoms with Crippen molar-refractivity contribution in [3.63, 3.8) is 0 Å². The molecule has 1 aromatic rings. The molecule has 1 aliphatic heterocycles. The smallest absolute Gasteiger partial charge is 0.217 e. The number of ether oxygens (including phenoxy) is 2. The van der Waals surface area contributed by atoms with Crippen molar-refractivity contribution < 1.29 is 9.47 Å². The van der Waals surface area contributed by atoms with Crippen molar-refractivity contribution in [2.45, 2.75) is 31.5 Å². The molecule has 2 fully saturated rings. The largest absolute Gasteiger partial charge is 0.481 e. The minimum Gasteiger partial charge on any atom is -0.481 e. The molecule has 20 heavy (non-hydrogen) atoms. The van der Waals surface area contributed by atoms with Crippen molar-refractivity contribution in [1.82, 2.24) is 9.88 Å². The summed E-state index contributed by atoms with van der Waals surface area (Å²) in [5, 5.41) is 0. The summed E-state index contributed by atoms with van der Waals surface area (Å²) in [6, 6.07) is 4.60. The van der Waals surface area contributed by atoms with Crippen LogP contribution in [0.15, 0.2) is 31.0 Å². The molecule has 1 saturated carbocycles. The second-order valence-electron chi connectivity index (χ2n) is 5.59. The molecule has 0 N–H and O–H groups in total. The van der Waals surface area contributed by atoms with Gasteiger partial charge in [-0.25, -0.2) is 4.98 Å². The van der Waals surface area contributed by atoms with Gasteiger partial charge in [0.1, 0.15) is 0 Å². The molecule has 0 radical (unpaired) electrons. The van der Waals surface area contributed by atoms with Crippen LogP contribution < -0.4 is 4.74 Å². The lowest BCUT2D eigenvalue weighted by Gasteiger charge is -2.27. The molecule has 0 amide bonds. The quantitative estimate of drug-likeness (QED) is 0.745. The Morgan fingerprint density at radius 3 is 3.20 bits per heavy atom. The van der Waals surface area contributed by atoms with Gasteiger partial charge in [0.25, 0.3) is 0 Å². The number of likely N-dealkylation sites (tertiary alicyclic amines) is 1. The highest BCUT2D eigenvalue weighted by Gasteiger charge is 2.47. The molecule has 0 spiro atoms. The highest BCUT2D eigenvalue weighted by molar-refractivity contribution is 5.25. The molecule has 2 aliphatic rings. The average Bonchev–Trinajstić information content (AvgIpc) is 3.02. The van der Waals surface area contributed by atoms with Gasteiger partial charge in [0.05, 0.1) is 19.8 Å². The van der Waals surface area contributed by atoms with Gasteiger partial charge in [0.2, 0.25) is 5.88 Å². The summed E-state index contributed by atoms with van der Waals surface area (Å²) in [7, 11) is 1.68. The summed E-state index contributed by atoms with van der Waals surface area (Å²) in [6.45, 7) is 6.40. The predicted octanol–water partition coefficient (Wildman–Crippen LogP) is 2.26. The van der Waals surface area contributed by atoms with Gasteiger partial charge in [-0.15, -0.1) is 6.58 Å². The van der Waals surface area contributed by atoms with E-state index in [2.05, 4.69) is 22.5 Å². The van der Waals surface area contributed by atoms with Crippen LogP contribution in [0.4, 0.5) is 0 Å². The van der Waals surface area contributed by atoms with Gasteiger partial charge in [-0.05, 0) is 24.8 Å². The van der Waals surface area contributed by atoms with E-state index in [-0.39, 0.29) is 0 Å². The second kappa shape index (κ2) is 5.94. The summed E-state index contributed by atoms with van der Waals surface area (Å²) in [6.07, 6.45) is 6.50. The Hall–Kier alpha value is -1.39. The fraction of sp³-hybridized carbons (Fsp3) is 0.562. The zero-order valence-corrected chi connectivity index (χ0v) is 12.0. The van der Waals surface area contributed by atoms with Crippen LogP contribution in [0.2, 0.25) is 0 Å². The predicted molar refractivity (Wildman–Crippen MR) is 77.6 cm³/mol. The van der Waals surface area contributed by atoms with E-state index < -0.39 is 0 Å². The highest BCUT2D eigenvalue weighted by atomic mass is 16.5. The maximum absolute atomic E-state index is 5.96. The third-order valence-corrected chi connectivity index (χ3v) is 4.44. The topological polar surface area (TPSA) is 34.6 Å². The molecule has 4 nitrogen and oxygen atoms in total. The standard InChI is InChI=1S/C16H22N2O2/c1-3-9-20-15-12-6-7-14(15)18(10-12)11-13-5-4-8-17-16(13)19-2/h3-5,8,12,14-15H,1,6-7,9-11H2,2H3/t12-,14+,15-/m0/s1. The number of hydrogen-bond donors (Lipinski definition) is 0. The zero-order chi connectivity index (χ0) is 13.9. The minimum absolute atomic E-state index is 0.371. The fourth-order valence-electron chi connectivity index (χ4n) is 3.60. The van der Waals surface area contributed by atoms with E-state index >= 15 is 0 Å². The van der Waals surface area contributed by atoms with Crippen LogP contribution in [0, 0.1) is 5.92 Å². The van der Waals surface area contributed by atoms with E-state index in [4.69, 9.17) is 9.47 Å². The van der Waals surface area contributed by atoms with E-state index in [0.29, 0.717) is 24.7 Å². The molecule has 4 heteroatoms. The summed E-state index contributed by atoms with van der Waals surface area (Å²) >= 11 is 0. The molecule has 0 aromatic carbocycles. The van der Waals surface area contributed by atoms with Crippen molar-refractivity contribution in [2.75, 3.05) is 20.3 Å². The summed E-state index contributed by atoms with van der Waals surface area (Å²) in [5.74, 6) is 1.40. The van der Waals surface area contributed by atoms with Gasteiger partial charge in [-0.2, -0.15) is 0 Å². The Morgan fingerprint density at radius 2 is 2.40 bits per heavy atom. The maximum atomic E-state index is 5.96. The Kier molecular flexibility index (Phi) is 4.03. The lowest BCUT2D eigenvalue weighted by atomic mass is 10.1. The molecule has 3 rings (SSSR count). The van der Waals surface area contributed by atoms with E-state index in [1.54, 1.807) is 13.3 Å². The van der Waals surface area contributed by atoms with Crippen molar-refractivity contribution in [2.24, 2.45) is 5.92 Å². The molecular weight excluding hydrogens is 252 g/mol. The van der Waals surface area contributed by atoms with Gasteiger partial charge < -0.3 is 9.47 Å². The maximum Gasteiger partial charge on any atom is 0.217 e. The van der Waals surface area contributed by atoms with Gasteiger partial charge in [-0.3, -0.25) is 4.90 Å². The van der Waals surface area contributed by atoms with Gasteiger partial charge in [-0.1, -0.05) is 12.1 Å². The normalized spacial score (nSPS) is 28.8. The summed E-state index contributed by atoms with van der Waals surface area (Å²) in [4.78, 5) is 6.79. The third kappa shape index (κ3) is 2.45. The van der Waals surface area contributed by atoms with Crippen LogP contribution in [0.3, 0.4) is 0 Å². The first kappa shape index (κ1) is 13.6. The molecule has 2 bridgehead atoms. The molecular formula is C16H22N2O2. The van der Waals surface area contributed by atoms with Crippen molar-refractivity contribution in [1.29, 1.82) is 0 Å². The van der Waals surface area contributed by atoms with E-state index in [1.807, 2.05) is 12.1 Å². The first-order valence-corrected chi connectivity index (χ1v) is 7.28. The number of nitrogens with zero attached hydrogens (tertiary/aromatic N) is 2. The number of piperidine rings is 1. The Balaban J connectivity index is 1.69. The van der Waals surface area contributed by atoms with Crippen LogP contribution in [0.5, 0.6) is 5.88 Å². The van der Waals surface area contributed by atoms with Gasteiger partial charge in [0.15, 0.2) is 0 Å². The number of methoxy groups -OCH3 is 1. The Labute approximate surface area is 120 Å². The van der Waals surface area contributed by atoms with Crippen molar-refractivity contribution in [3.05, 3.63) is 36.5 Å². The summed E-state index contributed by atoms with van der Waals surface area (Å²) < 4.78 is 11.3. The van der Waals surface area contributed by atoms with Crippen molar-refractivity contribution >= 4 is 0 Å². The fourth-order valence-corrected chi connectivity index (χ4v) is 3.60. The molecule has 3 atom stereocenters. The van der Waals surface area contributed by atoms with Crippen LogP contribution in [-0.4, -0.2) is 42.3 Å². The van der Waals surface area contributed by atoms with E-state index in [0.717, 1.165) is 24.5 Å². The van der Waals surface area contributed by atoms with Crippen LogP contribution in [0.1, 0.15) is 18.4 Å². The Morgan fingerprint density at radius 1 is 1.50 bits per heavy atom. The van der Waals surface area contributed by atoms with Crippen LogP contribution in [-0.2, 0) is 11.3 Å². The number of pyridine rings is 1. The first-order chi connectivity index (χ1) is 9.83. The zero-order valence-electron chi connectivity index (χ0n) is 12.0. The van der Waals surface area contributed by atoms with Crippen molar-refractivity contribution in [3.8, 4) is 5.88 Å². The molecule has 1 aliphatic carbocycles. The molecule has 0 unspecified atom stereocenters. The monoisotopic (exact) mass is 274 g/mol. The minimum atomic E-state index is 0.371. The van der Waals surface area contributed by atoms with E-state index in [1.165, 1.54) is 12.8 Å². The lowest BCUT2D eigenvalue weighted by Crippen LogP contribution is -2.34. The molecule has 2 heterocycles. The molecule has 108 valence electrons. The number of aromatic nitrogens is 1.